The molecule has 0 saturated carbocycles. The van der Waals surface area contributed by atoms with Crippen LogP contribution < -0.4 is 20.7 Å². The number of benzene rings is 1. The molecule has 2 rings (SSSR count). The van der Waals surface area contributed by atoms with Crippen molar-refractivity contribution in [3.05, 3.63) is 24.3 Å². The Kier molecular flexibility index (Phi) is 6.17. The molecule has 7 heteroatoms. The van der Waals surface area contributed by atoms with E-state index < -0.39 is 0 Å². The summed E-state index contributed by atoms with van der Waals surface area (Å²) in [6.45, 7) is 1.99. The largest absolute Gasteiger partial charge is 0.484 e. The second-order valence-electron chi connectivity index (χ2n) is 4.96. The number of amides is 2. The van der Waals surface area contributed by atoms with Crippen LogP contribution in [0.3, 0.4) is 0 Å². The van der Waals surface area contributed by atoms with Crippen LogP contribution in [0.4, 0.5) is 5.69 Å². The Balaban J connectivity index is 1.77. The Labute approximate surface area is 129 Å². The summed E-state index contributed by atoms with van der Waals surface area (Å²) in [6.07, 6.45) is 0.370. The van der Waals surface area contributed by atoms with Crippen molar-refractivity contribution in [1.29, 1.82) is 0 Å². The first kappa shape index (κ1) is 16.3. The smallest absolute Gasteiger partial charge is 0.257 e. The summed E-state index contributed by atoms with van der Waals surface area (Å²) < 4.78 is 10.6. The molecule has 1 aromatic carbocycles. The van der Waals surface area contributed by atoms with Gasteiger partial charge in [-0.2, -0.15) is 0 Å². The monoisotopic (exact) mass is 307 g/mol. The molecule has 0 radical (unpaired) electrons. The van der Waals surface area contributed by atoms with E-state index in [0.29, 0.717) is 31.1 Å². The molecule has 1 saturated heterocycles. The van der Waals surface area contributed by atoms with E-state index in [9.17, 15) is 9.59 Å². The third-order valence-corrected chi connectivity index (χ3v) is 3.22. The zero-order chi connectivity index (χ0) is 15.8. The Morgan fingerprint density at radius 2 is 2.09 bits per heavy atom. The molecular formula is C15H21N3O4. The Morgan fingerprint density at radius 1 is 1.32 bits per heavy atom. The highest BCUT2D eigenvalue weighted by atomic mass is 16.5. The van der Waals surface area contributed by atoms with Gasteiger partial charge in [0.2, 0.25) is 5.91 Å². The van der Waals surface area contributed by atoms with E-state index in [0.717, 1.165) is 6.54 Å². The van der Waals surface area contributed by atoms with Crippen LogP contribution in [-0.2, 0) is 14.3 Å². The average Bonchev–Trinajstić information content (AvgIpc) is 2.54. The van der Waals surface area contributed by atoms with Crippen molar-refractivity contribution in [3.63, 3.8) is 0 Å². The molecule has 0 spiro atoms. The van der Waals surface area contributed by atoms with Crippen molar-refractivity contribution >= 4 is 17.5 Å². The lowest BCUT2D eigenvalue weighted by Crippen LogP contribution is -2.43. The summed E-state index contributed by atoms with van der Waals surface area (Å²) in [4.78, 5) is 23.0. The van der Waals surface area contributed by atoms with E-state index in [4.69, 9.17) is 9.47 Å². The number of rotatable bonds is 6. The molecule has 1 aliphatic heterocycles. The molecule has 22 heavy (non-hydrogen) atoms. The van der Waals surface area contributed by atoms with Crippen molar-refractivity contribution in [1.82, 2.24) is 10.6 Å². The van der Waals surface area contributed by atoms with Crippen LogP contribution in [0.15, 0.2) is 24.3 Å². The fourth-order valence-electron chi connectivity index (χ4n) is 2.04. The van der Waals surface area contributed by atoms with E-state index >= 15 is 0 Å². The molecule has 120 valence electrons. The third-order valence-electron chi connectivity index (χ3n) is 3.22. The molecule has 0 bridgehead atoms. The molecule has 1 aliphatic rings. The van der Waals surface area contributed by atoms with Gasteiger partial charge in [-0.3, -0.25) is 9.59 Å². The first-order valence-electron chi connectivity index (χ1n) is 7.22. The van der Waals surface area contributed by atoms with Crippen LogP contribution in [0, 0.1) is 0 Å². The second-order valence-corrected chi connectivity index (χ2v) is 4.96. The molecule has 1 heterocycles. The number of carbonyl (C=O) groups is 2. The van der Waals surface area contributed by atoms with E-state index in [1.165, 1.54) is 0 Å². The number of likely N-dealkylation sites (N-methyl/N-ethyl adjacent to an activating group) is 1. The molecule has 0 aliphatic carbocycles. The minimum atomic E-state index is -0.195. The first-order chi connectivity index (χ1) is 10.7. The Hall–Kier alpha value is -2.12. The molecular weight excluding hydrogens is 286 g/mol. The number of hydrogen-bond acceptors (Lipinski definition) is 5. The van der Waals surface area contributed by atoms with Crippen LogP contribution in [0.2, 0.25) is 0 Å². The first-order valence-corrected chi connectivity index (χ1v) is 7.22. The molecule has 3 N–H and O–H groups in total. The minimum Gasteiger partial charge on any atom is -0.484 e. The van der Waals surface area contributed by atoms with Gasteiger partial charge in [0.25, 0.3) is 5.91 Å². The highest BCUT2D eigenvalue weighted by Gasteiger charge is 2.16. The SMILES string of the molecule is CNC(=O)COc1ccc(NC(=O)CC2COCCN2)cc1. The van der Waals surface area contributed by atoms with Crippen LogP contribution >= 0.6 is 0 Å². The predicted octanol–water partition coefficient (Wildman–Crippen LogP) is 0.128. The summed E-state index contributed by atoms with van der Waals surface area (Å²) >= 11 is 0. The summed E-state index contributed by atoms with van der Waals surface area (Å²) in [7, 11) is 1.55. The van der Waals surface area contributed by atoms with E-state index in [1.54, 1.807) is 31.3 Å². The maximum Gasteiger partial charge on any atom is 0.257 e. The number of hydrogen-bond donors (Lipinski definition) is 3. The topological polar surface area (TPSA) is 88.7 Å². The summed E-state index contributed by atoms with van der Waals surface area (Å²) in [5, 5.41) is 8.53. The van der Waals surface area contributed by atoms with E-state index in [1.807, 2.05) is 0 Å². The minimum absolute atomic E-state index is 0.0322. The number of anilines is 1. The van der Waals surface area contributed by atoms with Crippen molar-refractivity contribution in [2.45, 2.75) is 12.5 Å². The normalized spacial score (nSPS) is 17.6. The van der Waals surface area contributed by atoms with Gasteiger partial charge in [-0.25, -0.2) is 0 Å². The average molecular weight is 307 g/mol. The number of nitrogens with one attached hydrogen (secondary N) is 3. The lowest BCUT2D eigenvalue weighted by molar-refractivity contribution is -0.122. The van der Waals surface area contributed by atoms with Gasteiger partial charge in [0.05, 0.1) is 13.2 Å². The molecule has 7 nitrogen and oxygen atoms in total. The van der Waals surface area contributed by atoms with Crippen molar-refractivity contribution in [2.75, 3.05) is 38.7 Å². The Morgan fingerprint density at radius 3 is 2.73 bits per heavy atom. The molecule has 1 fully saturated rings. The van der Waals surface area contributed by atoms with Gasteiger partial charge in [-0.1, -0.05) is 0 Å². The standard InChI is InChI=1S/C15H21N3O4/c1-16-15(20)10-22-13-4-2-11(3-5-13)18-14(19)8-12-9-21-7-6-17-12/h2-5,12,17H,6-10H2,1H3,(H,16,20)(H,18,19). The maximum absolute atomic E-state index is 11.9. The van der Waals surface area contributed by atoms with E-state index in [2.05, 4.69) is 16.0 Å². The summed E-state index contributed by atoms with van der Waals surface area (Å²) in [6, 6.07) is 6.95. The predicted molar refractivity (Wildman–Crippen MR) is 81.9 cm³/mol. The van der Waals surface area contributed by atoms with Gasteiger partial charge >= 0.3 is 0 Å². The maximum atomic E-state index is 11.9. The fourth-order valence-corrected chi connectivity index (χ4v) is 2.04. The molecule has 1 aromatic rings. The van der Waals surface area contributed by atoms with Crippen LogP contribution in [0.5, 0.6) is 5.75 Å². The van der Waals surface area contributed by atoms with E-state index in [-0.39, 0.29) is 24.5 Å². The highest BCUT2D eigenvalue weighted by molar-refractivity contribution is 5.91. The van der Waals surface area contributed by atoms with Gasteiger partial charge in [0.1, 0.15) is 5.75 Å². The van der Waals surface area contributed by atoms with Gasteiger partial charge in [-0.15, -0.1) is 0 Å². The van der Waals surface area contributed by atoms with Gasteiger partial charge < -0.3 is 25.4 Å². The van der Waals surface area contributed by atoms with Crippen LogP contribution in [0.1, 0.15) is 6.42 Å². The highest BCUT2D eigenvalue weighted by Crippen LogP contribution is 2.16. The third kappa shape index (κ3) is 5.34. The molecule has 1 atom stereocenters. The van der Waals surface area contributed by atoms with Gasteiger partial charge in [0, 0.05) is 31.7 Å². The Bertz CT molecular complexity index is 498. The summed E-state index contributed by atoms with van der Waals surface area (Å²) in [5.41, 5.74) is 0.689. The van der Waals surface area contributed by atoms with Crippen molar-refractivity contribution in [2.24, 2.45) is 0 Å². The number of morpholine rings is 1. The van der Waals surface area contributed by atoms with Crippen LogP contribution in [-0.4, -0.2) is 51.3 Å². The molecule has 1 unspecified atom stereocenters. The zero-order valence-electron chi connectivity index (χ0n) is 12.6. The molecule has 2 amide bonds. The lowest BCUT2D eigenvalue weighted by Gasteiger charge is -2.23. The summed E-state index contributed by atoms with van der Waals surface area (Å²) in [5.74, 6) is 0.311. The molecule has 0 aromatic heterocycles. The van der Waals surface area contributed by atoms with Crippen LogP contribution in [0.25, 0.3) is 0 Å². The van der Waals surface area contributed by atoms with Crippen molar-refractivity contribution < 1.29 is 19.1 Å². The van der Waals surface area contributed by atoms with Gasteiger partial charge in [0.15, 0.2) is 6.61 Å². The second kappa shape index (κ2) is 8.35. The quantitative estimate of drug-likeness (QED) is 0.695. The number of carbonyl (C=O) groups excluding carboxylic acids is 2. The number of ether oxygens (including phenoxy) is 2. The lowest BCUT2D eigenvalue weighted by atomic mass is 10.2. The van der Waals surface area contributed by atoms with Crippen molar-refractivity contribution in [3.8, 4) is 5.75 Å². The van der Waals surface area contributed by atoms with Gasteiger partial charge in [-0.05, 0) is 24.3 Å². The zero-order valence-corrected chi connectivity index (χ0v) is 12.6. The fraction of sp³-hybridized carbons (Fsp3) is 0.467.